The van der Waals surface area contributed by atoms with E-state index < -0.39 is 38.7 Å². The normalized spacial score (nSPS) is 15.7. The van der Waals surface area contributed by atoms with Crippen LogP contribution in [0.1, 0.15) is 19.8 Å². The van der Waals surface area contributed by atoms with Crippen LogP contribution in [0.25, 0.3) is 0 Å². The van der Waals surface area contributed by atoms with E-state index in [1.165, 1.54) is 25.1 Å². The predicted octanol–water partition coefficient (Wildman–Crippen LogP) is -0.473. The van der Waals surface area contributed by atoms with Crippen LogP contribution in [0.5, 0.6) is 0 Å². The summed E-state index contributed by atoms with van der Waals surface area (Å²) in [7, 11) is -3.99. The first kappa shape index (κ1) is 20.5. The van der Waals surface area contributed by atoms with E-state index in [1.54, 1.807) is 0 Å². The maximum absolute atomic E-state index is 12.1. The Kier molecular flexibility index (Phi) is 6.23. The van der Waals surface area contributed by atoms with Gasteiger partial charge in [0.05, 0.1) is 9.82 Å². The Hall–Kier alpha value is -2.86. The molecule has 3 amide bonds. The van der Waals surface area contributed by atoms with Crippen molar-refractivity contribution in [3.8, 4) is 0 Å². The van der Waals surface area contributed by atoms with Crippen LogP contribution in [0.4, 0.5) is 5.69 Å². The summed E-state index contributed by atoms with van der Waals surface area (Å²) in [4.78, 5) is 45.9. The molecule has 0 aliphatic carbocycles. The van der Waals surface area contributed by atoms with E-state index in [0.29, 0.717) is 0 Å². The average Bonchev–Trinajstić information content (AvgIpc) is 2.96. The number of hydrogen-bond acceptors (Lipinski definition) is 7. The van der Waals surface area contributed by atoms with Crippen LogP contribution in [-0.4, -0.2) is 55.1 Å². The smallest absolute Gasteiger partial charge is 0.270 e. The molecule has 1 fully saturated rings. The maximum atomic E-state index is 12.1. The predicted molar refractivity (Wildman–Crippen MR) is 91.8 cm³/mol. The molecule has 1 atom stereocenters. The number of nitrogens with zero attached hydrogens (tertiary/aromatic N) is 2. The minimum absolute atomic E-state index is 0.0689. The Morgan fingerprint density at radius 3 is 2.48 bits per heavy atom. The topological polar surface area (TPSA) is 156 Å². The highest BCUT2D eigenvalue weighted by Crippen LogP contribution is 2.17. The molecule has 0 radical (unpaired) electrons. The summed E-state index contributed by atoms with van der Waals surface area (Å²) in [6.07, 6.45) is 0.138. The van der Waals surface area contributed by atoms with E-state index in [1.807, 2.05) is 0 Å². The minimum Gasteiger partial charge on any atom is -0.353 e. The highest BCUT2D eigenvalue weighted by atomic mass is 32.2. The Bertz CT molecular complexity index is 868. The number of benzene rings is 1. The molecule has 146 valence electrons. The summed E-state index contributed by atoms with van der Waals surface area (Å²) in [5, 5.41) is 13.2. The largest absolute Gasteiger partial charge is 0.353 e. The van der Waals surface area contributed by atoms with E-state index >= 15 is 0 Å². The van der Waals surface area contributed by atoms with Crippen LogP contribution in [0.15, 0.2) is 29.2 Å². The number of nitrogens with one attached hydrogen (secondary N) is 2. The SMILES string of the molecule is CC(C(=O)NCCNS(=O)(=O)c1cccc([N+](=O)[O-])c1)N1C(=O)CCC1=O. The molecule has 0 spiro atoms. The summed E-state index contributed by atoms with van der Waals surface area (Å²) >= 11 is 0. The fraction of sp³-hybridized carbons (Fsp3) is 0.400. The molecule has 0 aromatic heterocycles. The zero-order valence-electron chi connectivity index (χ0n) is 14.4. The lowest BCUT2D eigenvalue weighted by molar-refractivity contribution is -0.385. The molecule has 1 aromatic carbocycles. The summed E-state index contributed by atoms with van der Waals surface area (Å²) < 4.78 is 26.5. The van der Waals surface area contributed by atoms with Crippen molar-refractivity contribution in [3.05, 3.63) is 34.4 Å². The van der Waals surface area contributed by atoms with E-state index in [4.69, 9.17) is 0 Å². The summed E-state index contributed by atoms with van der Waals surface area (Å²) in [6, 6.07) is 3.57. The Balaban J connectivity index is 1.87. The number of likely N-dealkylation sites (tertiary alicyclic amines) is 1. The number of nitro groups is 1. The number of nitro benzene ring substituents is 1. The first-order chi connectivity index (χ1) is 12.6. The lowest BCUT2D eigenvalue weighted by Gasteiger charge is -2.21. The first-order valence-electron chi connectivity index (χ1n) is 8.00. The van der Waals surface area contributed by atoms with E-state index in [2.05, 4.69) is 10.0 Å². The first-order valence-corrected chi connectivity index (χ1v) is 9.48. The molecule has 1 aliphatic rings. The quantitative estimate of drug-likeness (QED) is 0.259. The molecule has 11 nitrogen and oxygen atoms in total. The minimum atomic E-state index is -3.99. The second kappa shape index (κ2) is 8.22. The maximum Gasteiger partial charge on any atom is 0.270 e. The van der Waals surface area contributed by atoms with Gasteiger partial charge in [0.25, 0.3) is 5.69 Å². The fourth-order valence-corrected chi connectivity index (χ4v) is 3.58. The molecule has 1 heterocycles. The third-order valence-corrected chi connectivity index (χ3v) is 5.37. The van der Waals surface area contributed by atoms with Gasteiger partial charge < -0.3 is 5.32 Å². The van der Waals surface area contributed by atoms with Gasteiger partial charge in [-0.15, -0.1) is 0 Å². The Morgan fingerprint density at radius 1 is 1.26 bits per heavy atom. The fourth-order valence-electron chi connectivity index (χ4n) is 2.51. The van der Waals surface area contributed by atoms with Gasteiger partial charge >= 0.3 is 0 Å². The molecule has 1 unspecified atom stereocenters. The number of carbonyl (C=O) groups excluding carboxylic acids is 3. The zero-order valence-corrected chi connectivity index (χ0v) is 15.2. The Morgan fingerprint density at radius 2 is 1.89 bits per heavy atom. The highest BCUT2D eigenvalue weighted by Gasteiger charge is 2.35. The standard InChI is InChI=1S/C15H18N4O7S/c1-10(18-13(20)5-6-14(18)21)15(22)16-7-8-17-27(25,26)12-4-2-3-11(9-12)19(23)24/h2-4,9-10,17H,5-8H2,1H3,(H,16,22). The van der Waals surface area contributed by atoms with Crippen molar-refractivity contribution >= 4 is 33.4 Å². The van der Waals surface area contributed by atoms with Crippen molar-refractivity contribution in [2.24, 2.45) is 0 Å². The number of sulfonamides is 1. The van der Waals surface area contributed by atoms with E-state index in [9.17, 15) is 32.9 Å². The molecule has 1 saturated heterocycles. The molecule has 1 aromatic rings. The van der Waals surface area contributed by atoms with Gasteiger partial charge in [-0.1, -0.05) is 6.07 Å². The van der Waals surface area contributed by atoms with Gasteiger partial charge in [0.1, 0.15) is 6.04 Å². The summed E-state index contributed by atoms with van der Waals surface area (Å²) in [6.45, 7) is 1.14. The van der Waals surface area contributed by atoms with Gasteiger partial charge in [-0.3, -0.25) is 29.4 Å². The van der Waals surface area contributed by atoms with Crippen LogP contribution in [0.2, 0.25) is 0 Å². The lowest BCUT2D eigenvalue weighted by Crippen LogP contribution is -2.48. The summed E-state index contributed by atoms with van der Waals surface area (Å²) in [5.41, 5.74) is -0.361. The second-order valence-corrected chi connectivity index (χ2v) is 7.54. The van der Waals surface area contributed by atoms with Gasteiger partial charge in [-0.05, 0) is 13.0 Å². The van der Waals surface area contributed by atoms with Crippen molar-refractivity contribution in [2.75, 3.05) is 13.1 Å². The Labute approximate surface area is 154 Å². The van der Waals surface area contributed by atoms with Gasteiger partial charge in [-0.25, -0.2) is 13.1 Å². The molecular formula is C15H18N4O7S. The number of imide groups is 1. The van der Waals surface area contributed by atoms with Crippen molar-refractivity contribution in [2.45, 2.75) is 30.7 Å². The van der Waals surface area contributed by atoms with Crippen LogP contribution < -0.4 is 10.0 Å². The molecule has 2 N–H and O–H groups in total. The third-order valence-electron chi connectivity index (χ3n) is 3.91. The van der Waals surface area contributed by atoms with Gasteiger partial charge in [0.2, 0.25) is 27.7 Å². The molecule has 0 bridgehead atoms. The number of hydrogen-bond donors (Lipinski definition) is 2. The average molecular weight is 398 g/mol. The van der Waals surface area contributed by atoms with Crippen LogP contribution in [0.3, 0.4) is 0 Å². The lowest BCUT2D eigenvalue weighted by atomic mass is 10.2. The monoisotopic (exact) mass is 398 g/mol. The zero-order chi connectivity index (χ0) is 20.2. The van der Waals surface area contributed by atoms with Crippen molar-refractivity contribution in [1.29, 1.82) is 0 Å². The number of carbonyl (C=O) groups is 3. The van der Waals surface area contributed by atoms with Crippen LogP contribution >= 0.6 is 0 Å². The second-order valence-electron chi connectivity index (χ2n) is 5.78. The van der Waals surface area contributed by atoms with E-state index in [0.717, 1.165) is 11.0 Å². The van der Waals surface area contributed by atoms with Gasteiger partial charge in [-0.2, -0.15) is 0 Å². The number of rotatable bonds is 8. The molecule has 1 aliphatic heterocycles. The summed E-state index contributed by atoms with van der Waals surface area (Å²) in [5.74, 6) is -1.43. The van der Waals surface area contributed by atoms with Gasteiger partial charge in [0, 0.05) is 38.1 Å². The van der Waals surface area contributed by atoms with Crippen molar-refractivity contribution in [1.82, 2.24) is 14.9 Å². The number of amides is 3. The van der Waals surface area contributed by atoms with E-state index in [-0.39, 0.29) is 36.5 Å². The number of non-ortho nitro benzene ring substituents is 1. The van der Waals surface area contributed by atoms with Crippen molar-refractivity contribution < 1.29 is 27.7 Å². The van der Waals surface area contributed by atoms with Crippen LogP contribution in [-0.2, 0) is 24.4 Å². The van der Waals surface area contributed by atoms with Crippen molar-refractivity contribution in [3.63, 3.8) is 0 Å². The molecule has 2 rings (SSSR count). The highest BCUT2D eigenvalue weighted by molar-refractivity contribution is 7.89. The molecule has 0 saturated carbocycles. The van der Waals surface area contributed by atoms with Gasteiger partial charge in [0.15, 0.2) is 0 Å². The molecular weight excluding hydrogens is 380 g/mol. The molecule has 12 heteroatoms. The third kappa shape index (κ3) is 4.86. The van der Waals surface area contributed by atoms with Crippen LogP contribution in [0, 0.1) is 10.1 Å². The molecule has 27 heavy (non-hydrogen) atoms.